The quantitative estimate of drug-likeness (QED) is 0.888. The summed E-state index contributed by atoms with van der Waals surface area (Å²) in [5, 5.41) is 12.6. The normalized spacial score (nSPS) is 23.5. The largest absolute Gasteiger partial charge is 0.395 e. The lowest BCUT2D eigenvalue weighted by Gasteiger charge is -2.26. The van der Waals surface area contributed by atoms with Crippen LogP contribution in [0.3, 0.4) is 0 Å². The van der Waals surface area contributed by atoms with Crippen molar-refractivity contribution in [1.29, 1.82) is 0 Å². The molecule has 0 radical (unpaired) electrons. The van der Waals surface area contributed by atoms with Crippen molar-refractivity contribution < 1.29 is 13.5 Å². The molecule has 0 bridgehead atoms. The highest BCUT2D eigenvalue weighted by molar-refractivity contribution is 7.89. The van der Waals surface area contributed by atoms with Crippen LogP contribution in [-0.2, 0) is 10.0 Å². The van der Waals surface area contributed by atoms with Gasteiger partial charge in [-0.25, -0.2) is 8.42 Å². The lowest BCUT2D eigenvalue weighted by molar-refractivity contribution is 0.191. The predicted octanol–water partition coefficient (Wildman–Crippen LogP) is 1.74. The molecule has 0 spiro atoms. The third-order valence-corrected chi connectivity index (χ3v) is 6.57. The zero-order chi connectivity index (χ0) is 15.8. The van der Waals surface area contributed by atoms with E-state index in [4.69, 9.17) is 0 Å². The average molecular weight is 312 g/mol. The number of sulfonamides is 1. The Bertz CT molecular complexity index is 605. The van der Waals surface area contributed by atoms with E-state index in [1.807, 2.05) is 40.0 Å². The van der Waals surface area contributed by atoms with Crippen LogP contribution >= 0.6 is 0 Å². The zero-order valence-electron chi connectivity index (χ0n) is 13.0. The second kappa shape index (κ2) is 5.94. The summed E-state index contributed by atoms with van der Waals surface area (Å²) in [4.78, 5) is 0.369. The lowest BCUT2D eigenvalue weighted by atomic mass is 10.0. The van der Waals surface area contributed by atoms with Crippen molar-refractivity contribution in [3.8, 4) is 0 Å². The molecule has 2 atom stereocenters. The summed E-state index contributed by atoms with van der Waals surface area (Å²) in [5.74, 6) is 0.182. The fourth-order valence-electron chi connectivity index (χ4n) is 3.16. The van der Waals surface area contributed by atoms with Gasteiger partial charge in [0.05, 0.1) is 17.5 Å². The van der Waals surface area contributed by atoms with Crippen LogP contribution in [0.2, 0.25) is 0 Å². The molecule has 5 nitrogen and oxygen atoms in total. The molecular weight excluding hydrogens is 288 g/mol. The van der Waals surface area contributed by atoms with E-state index in [0.717, 1.165) is 23.2 Å². The van der Waals surface area contributed by atoms with Crippen molar-refractivity contribution in [1.82, 2.24) is 4.31 Å². The lowest BCUT2D eigenvalue weighted by Crippen LogP contribution is -2.40. The highest BCUT2D eigenvalue weighted by atomic mass is 32.2. The summed E-state index contributed by atoms with van der Waals surface area (Å²) in [6, 6.07) is 3.36. The van der Waals surface area contributed by atoms with Gasteiger partial charge in [0.1, 0.15) is 0 Å². The zero-order valence-corrected chi connectivity index (χ0v) is 13.9. The minimum absolute atomic E-state index is 0.132. The first-order valence-electron chi connectivity index (χ1n) is 7.24. The predicted molar refractivity (Wildman–Crippen MR) is 84.0 cm³/mol. The molecule has 1 aliphatic rings. The monoisotopic (exact) mass is 312 g/mol. The van der Waals surface area contributed by atoms with Crippen molar-refractivity contribution in [3.05, 3.63) is 23.3 Å². The number of hydrogen-bond acceptors (Lipinski definition) is 4. The van der Waals surface area contributed by atoms with Crippen molar-refractivity contribution in [2.75, 3.05) is 25.5 Å². The van der Waals surface area contributed by atoms with Crippen LogP contribution in [0.15, 0.2) is 17.0 Å². The molecule has 0 amide bonds. The van der Waals surface area contributed by atoms with E-state index >= 15 is 0 Å². The van der Waals surface area contributed by atoms with Crippen LogP contribution in [0.4, 0.5) is 5.69 Å². The molecule has 0 aliphatic carbocycles. The number of aryl methyl sites for hydroxylation is 2. The molecule has 2 N–H and O–H groups in total. The van der Waals surface area contributed by atoms with Gasteiger partial charge >= 0.3 is 0 Å². The van der Waals surface area contributed by atoms with Crippen molar-refractivity contribution in [2.45, 2.75) is 38.1 Å². The topological polar surface area (TPSA) is 69.6 Å². The summed E-state index contributed by atoms with van der Waals surface area (Å²) in [6.07, 6.45) is 0.789. The average Bonchev–Trinajstić information content (AvgIpc) is 2.79. The van der Waals surface area contributed by atoms with Crippen LogP contribution in [0, 0.1) is 19.8 Å². The molecule has 1 aromatic rings. The van der Waals surface area contributed by atoms with E-state index in [2.05, 4.69) is 5.32 Å². The number of rotatable bonds is 4. The van der Waals surface area contributed by atoms with Crippen molar-refractivity contribution in [3.63, 3.8) is 0 Å². The molecule has 0 aromatic heterocycles. The second-order valence-corrected chi connectivity index (χ2v) is 7.65. The Hall–Kier alpha value is -1.11. The Morgan fingerprint density at radius 1 is 1.33 bits per heavy atom. The molecular formula is C15H24N2O3S. The number of aliphatic hydroxyl groups excluding tert-OH is 1. The van der Waals surface area contributed by atoms with E-state index in [0.29, 0.717) is 11.4 Å². The molecule has 6 heteroatoms. The van der Waals surface area contributed by atoms with E-state index < -0.39 is 10.0 Å². The van der Waals surface area contributed by atoms with Crippen molar-refractivity contribution in [2.24, 2.45) is 5.92 Å². The molecule has 21 heavy (non-hydrogen) atoms. The van der Waals surface area contributed by atoms with Crippen LogP contribution in [0.25, 0.3) is 0 Å². The molecule has 1 aromatic carbocycles. The van der Waals surface area contributed by atoms with E-state index in [9.17, 15) is 13.5 Å². The smallest absolute Gasteiger partial charge is 0.243 e. The van der Waals surface area contributed by atoms with Gasteiger partial charge in [0, 0.05) is 19.3 Å². The van der Waals surface area contributed by atoms with Crippen LogP contribution in [0.1, 0.15) is 24.5 Å². The summed E-state index contributed by atoms with van der Waals surface area (Å²) in [7, 11) is -1.76. The molecule has 1 aliphatic heterocycles. The maximum Gasteiger partial charge on any atom is 0.243 e. The molecule has 2 rings (SSSR count). The van der Waals surface area contributed by atoms with Gasteiger partial charge < -0.3 is 10.4 Å². The standard InChI is InChI=1S/C15H24N2O3S/c1-10-5-6-17(14(10)9-18)21(19,20)15-11(2)7-13(16-4)8-12(15)3/h7-8,10,14,16,18H,5-6,9H2,1-4H3. The first-order valence-corrected chi connectivity index (χ1v) is 8.68. The minimum Gasteiger partial charge on any atom is -0.395 e. The highest BCUT2D eigenvalue weighted by Gasteiger charge is 2.40. The molecule has 1 saturated heterocycles. The first-order chi connectivity index (χ1) is 9.82. The Labute approximate surface area is 127 Å². The van der Waals surface area contributed by atoms with Crippen LogP contribution in [0.5, 0.6) is 0 Å². The van der Waals surface area contributed by atoms with Crippen LogP contribution < -0.4 is 5.32 Å². The molecule has 1 heterocycles. The Balaban J connectivity index is 2.50. The Morgan fingerprint density at radius 3 is 2.38 bits per heavy atom. The SMILES string of the molecule is CNc1cc(C)c(S(=O)(=O)N2CCC(C)C2CO)c(C)c1. The number of aliphatic hydroxyl groups is 1. The molecule has 2 unspecified atom stereocenters. The summed E-state index contributed by atoms with van der Waals surface area (Å²) >= 11 is 0. The third kappa shape index (κ3) is 2.80. The number of nitrogens with zero attached hydrogens (tertiary/aromatic N) is 1. The van der Waals surface area contributed by atoms with Gasteiger partial charge in [-0.15, -0.1) is 0 Å². The minimum atomic E-state index is -3.57. The number of benzene rings is 1. The summed E-state index contributed by atoms with van der Waals surface area (Å²) in [5.41, 5.74) is 2.36. The van der Waals surface area contributed by atoms with Gasteiger partial charge in [0.15, 0.2) is 0 Å². The highest BCUT2D eigenvalue weighted by Crippen LogP contribution is 2.33. The fourth-order valence-corrected chi connectivity index (χ4v) is 5.30. The third-order valence-electron chi connectivity index (χ3n) is 4.33. The van der Waals surface area contributed by atoms with Gasteiger partial charge in [-0.3, -0.25) is 0 Å². The van der Waals surface area contributed by atoms with Gasteiger partial charge in [-0.2, -0.15) is 4.31 Å². The number of hydrogen-bond donors (Lipinski definition) is 2. The Kier molecular flexibility index (Phi) is 4.60. The van der Waals surface area contributed by atoms with E-state index in [1.54, 1.807) is 0 Å². The molecule has 1 fully saturated rings. The summed E-state index contributed by atoms with van der Waals surface area (Å²) < 4.78 is 27.4. The van der Waals surface area contributed by atoms with Gasteiger partial charge in [0.2, 0.25) is 10.0 Å². The van der Waals surface area contributed by atoms with E-state index in [-0.39, 0.29) is 18.6 Å². The van der Waals surface area contributed by atoms with Crippen LogP contribution in [-0.4, -0.2) is 44.1 Å². The number of anilines is 1. The van der Waals surface area contributed by atoms with Gasteiger partial charge in [-0.05, 0) is 49.4 Å². The second-order valence-electron chi connectivity index (χ2n) is 5.82. The van der Waals surface area contributed by atoms with Gasteiger partial charge in [0.25, 0.3) is 0 Å². The maximum atomic E-state index is 13.0. The molecule has 118 valence electrons. The van der Waals surface area contributed by atoms with E-state index in [1.165, 1.54) is 4.31 Å². The first kappa shape index (κ1) is 16.3. The summed E-state index contributed by atoms with van der Waals surface area (Å²) in [6.45, 7) is 5.96. The maximum absolute atomic E-state index is 13.0. The number of nitrogens with one attached hydrogen (secondary N) is 1. The Morgan fingerprint density at radius 2 is 1.90 bits per heavy atom. The molecule has 0 saturated carbocycles. The van der Waals surface area contributed by atoms with Crippen molar-refractivity contribution >= 4 is 15.7 Å². The van der Waals surface area contributed by atoms with Gasteiger partial charge in [-0.1, -0.05) is 6.92 Å². The fraction of sp³-hybridized carbons (Fsp3) is 0.600.